The van der Waals surface area contributed by atoms with Crippen LogP contribution in [0.4, 0.5) is 0 Å². The van der Waals surface area contributed by atoms with Crippen LogP contribution in [0.5, 0.6) is 0 Å². The summed E-state index contributed by atoms with van der Waals surface area (Å²) in [5.41, 5.74) is 0. The van der Waals surface area contributed by atoms with Gasteiger partial charge < -0.3 is 0 Å². The smallest absolute Gasteiger partial charge is 0.183 e. The van der Waals surface area contributed by atoms with Gasteiger partial charge in [-0.1, -0.05) is 15.9 Å². The van der Waals surface area contributed by atoms with E-state index in [0.29, 0.717) is 0 Å². The van der Waals surface area contributed by atoms with Gasteiger partial charge in [0.2, 0.25) is 0 Å². The molecule has 54 valence electrons. The van der Waals surface area contributed by atoms with Crippen LogP contribution in [-0.2, 0) is 3.07 Å². The standard InChI is InChI=1S/C6H3Br2IO/c7-4-1-2-6(9-10)5(8)3-4/h1-3H. The molecule has 0 unspecified atom stereocenters. The lowest BCUT2D eigenvalue weighted by molar-refractivity contribution is 0.648. The summed E-state index contributed by atoms with van der Waals surface area (Å²) in [6.45, 7) is 0. The van der Waals surface area contributed by atoms with Gasteiger partial charge >= 0.3 is 0 Å². The van der Waals surface area contributed by atoms with Gasteiger partial charge in [-0.05, 0) is 34.1 Å². The zero-order valence-corrected chi connectivity index (χ0v) is 10.1. The van der Waals surface area contributed by atoms with Crippen molar-refractivity contribution in [1.29, 1.82) is 0 Å². The predicted molar refractivity (Wildman–Crippen MR) is 55.2 cm³/mol. The first-order valence-corrected chi connectivity index (χ1v) is 6.00. The van der Waals surface area contributed by atoms with E-state index in [9.17, 15) is 3.07 Å². The minimum absolute atomic E-state index is 0.905. The molecule has 0 radical (unpaired) electrons. The number of halogens is 3. The molecule has 0 fully saturated rings. The fourth-order valence-electron chi connectivity index (χ4n) is 0.533. The SMILES string of the molecule is O=Ic1ccc(Br)cc1Br. The van der Waals surface area contributed by atoms with Gasteiger partial charge in [-0.15, -0.1) is 0 Å². The molecule has 1 nitrogen and oxygen atoms in total. The highest BCUT2D eigenvalue weighted by atomic mass is 127. The average molecular weight is 378 g/mol. The number of hydrogen-bond acceptors (Lipinski definition) is 1. The number of rotatable bonds is 1. The molecular formula is C6H3Br2IO. The van der Waals surface area contributed by atoms with E-state index in [2.05, 4.69) is 31.9 Å². The van der Waals surface area contributed by atoms with Gasteiger partial charge in [0.15, 0.2) is 21.2 Å². The van der Waals surface area contributed by atoms with E-state index in [1.165, 1.54) is 0 Å². The summed E-state index contributed by atoms with van der Waals surface area (Å²) in [6.07, 6.45) is 0. The molecule has 1 aromatic rings. The predicted octanol–water partition coefficient (Wildman–Crippen LogP) is 3.70. The Labute approximate surface area is 86.1 Å². The van der Waals surface area contributed by atoms with Gasteiger partial charge in [0.25, 0.3) is 0 Å². The molecule has 0 heterocycles. The molecule has 0 aliphatic carbocycles. The average Bonchev–Trinajstić information content (AvgIpc) is 1.88. The maximum absolute atomic E-state index is 10.5. The van der Waals surface area contributed by atoms with Crippen molar-refractivity contribution in [2.75, 3.05) is 0 Å². The molecule has 0 saturated carbocycles. The Hall–Kier alpha value is 0.710. The topological polar surface area (TPSA) is 17.1 Å². The van der Waals surface area contributed by atoms with Crippen molar-refractivity contribution < 1.29 is 3.07 Å². The van der Waals surface area contributed by atoms with Crippen LogP contribution in [0.1, 0.15) is 0 Å². The van der Waals surface area contributed by atoms with Gasteiger partial charge in [-0.2, -0.15) is 0 Å². The lowest BCUT2D eigenvalue weighted by atomic mass is 10.4. The van der Waals surface area contributed by atoms with E-state index in [1.54, 1.807) is 0 Å². The maximum atomic E-state index is 10.5. The zero-order valence-electron chi connectivity index (χ0n) is 4.77. The van der Waals surface area contributed by atoms with Crippen LogP contribution in [0.25, 0.3) is 0 Å². The van der Waals surface area contributed by atoms with E-state index in [4.69, 9.17) is 0 Å². The molecule has 10 heavy (non-hydrogen) atoms. The quantitative estimate of drug-likeness (QED) is 0.539. The van der Waals surface area contributed by atoms with E-state index < -0.39 is 21.2 Å². The fourth-order valence-corrected chi connectivity index (χ4v) is 2.68. The minimum Gasteiger partial charge on any atom is -0.265 e. The third kappa shape index (κ3) is 2.10. The summed E-state index contributed by atoms with van der Waals surface area (Å²) in [6, 6.07) is 5.64. The van der Waals surface area contributed by atoms with Crippen LogP contribution in [0.15, 0.2) is 27.1 Å². The van der Waals surface area contributed by atoms with Gasteiger partial charge in [0.05, 0.1) is 3.57 Å². The second-order valence-corrected chi connectivity index (χ2v) is 5.01. The van der Waals surface area contributed by atoms with Crippen molar-refractivity contribution in [3.63, 3.8) is 0 Å². The third-order valence-corrected chi connectivity index (χ3v) is 4.27. The maximum Gasteiger partial charge on any atom is 0.183 e. The molecule has 0 aliphatic rings. The Bertz CT molecular complexity index is 262. The van der Waals surface area contributed by atoms with Crippen LogP contribution in [0, 0.1) is 3.57 Å². The molecule has 0 bridgehead atoms. The van der Waals surface area contributed by atoms with Crippen molar-refractivity contribution >= 4 is 53.1 Å². The summed E-state index contributed by atoms with van der Waals surface area (Å²) < 4.78 is 13.4. The van der Waals surface area contributed by atoms with Crippen molar-refractivity contribution in [3.05, 3.63) is 30.7 Å². The van der Waals surface area contributed by atoms with E-state index in [-0.39, 0.29) is 0 Å². The monoisotopic (exact) mass is 376 g/mol. The van der Waals surface area contributed by atoms with Crippen molar-refractivity contribution in [2.24, 2.45) is 0 Å². The Morgan fingerprint density at radius 1 is 1.30 bits per heavy atom. The molecule has 0 atom stereocenters. The van der Waals surface area contributed by atoms with Gasteiger partial charge in [-0.3, -0.25) is 3.07 Å². The molecule has 0 saturated heterocycles. The molecule has 4 heteroatoms. The molecule has 0 aromatic heterocycles. The summed E-state index contributed by atoms with van der Waals surface area (Å²) in [4.78, 5) is 0. The van der Waals surface area contributed by atoms with E-state index in [0.717, 1.165) is 12.5 Å². The first kappa shape index (κ1) is 8.80. The largest absolute Gasteiger partial charge is 0.265 e. The molecule has 1 rings (SSSR count). The minimum atomic E-state index is -1.04. The zero-order chi connectivity index (χ0) is 7.56. The normalized spacial score (nSPS) is 9.80. The molecule has 1 aromatic carbocycles. The van der Waals surface area contributed by atoms with Crippen molar-refractivity contribution in [2.45, 2.75) is 0 Å². The van der Waals surface area contributed by atoms with Crippen molar-refractivity contribution in [3.8, 4) is 0 Å². The summed E-state index contributed by atoms with van der Waals surface area (Å²) in [5.74, 6) is 0. The van der Waals surface area contributed by atoms with Crippen LogP contribution in [0.2, 0.25) is 0 Å². The highest BCUT2D eigenvalue weighted by Crippen LogP contribution is 2.25. The Morgan fingerprint density at radius 2 is 2.00 bits per heavy atom. The van der Waals surface area contributed by atoms with Gasteiger partial charge in [0.1, 0.15) is 0 Å². The Morgan fingerprint density at radius 3 is 2.50 bits per heavy atom. The van der Waals surface area contributed by atoms with Crippen LogP contribution >= 0.6 is 53.1 Å². The Balaban J connectivity index is 3.19. The highest BCUT2D eigenvalue weighted by Gasteiger charge is 1.97. The van der Waals surface area contributed by atoms with Crippen LogP contribution in [0.3, 0.4) is 0 Å². The fraction of sp³-hybridized carbons (Fsp3) is 0. The first-order valence-electron chi connectivity index (χ1n) is 2.46. The van der Waals surface area contributed by atoms with Crippen molar-refractivity contribution in [1.82, 2.24) is 0 Å². The summed E-state index contributed by atoms with van der Waals surface area (Å²) in [5, 5.41) is 0. The van der Waals surface area contributed by atoms with Gasteiger partial charge in [0, 0.05) is 8.95 Å². The molecule has 0 amide bonds. The first-order chi connectivity index (χ1) is 4.74. The highest BCUT2D eigenvalue weighted by molar-refractivity contribution is 14.1. The number of hydrogen-bond donors (Lipinski definition) is 0. The number of benzene rings is 1. The van der Waals surface area contributed by atoms with E-state index >= 15 is 0 Å². The van der Waals surface area contributed by atoms with Crippen LogP contribution < -0.4 is 0 Å². The van der Waals surface area contributed by atoms with E-state index in [1.807, 2.05) is 18.2 Å². The third-order valence-electron chi connectivity index (χ3n) is 0.965. The summed E-state index contributed by atoms with van der Waals surface area (Å²) in [7, 11) is 0. The molecule has 0 spiro atoms. The second-order valence-electron chi connectivity index (χ2n) is 1.64. The molecular weight excluding hydrogens is 375 g/mol. The molecule has 0 aliphatic heterocycles. The Kier molecular flexibility index (Phi) is 3.45. The second kappa shape index (κ2) is 3.92. The van der Waals surface area contributed by atoms with Crippen LogP contribution in [-0.4, -0.2) is 0 Å². The lowest BCUT2D eigenvalue weighted by Gasteiger charge is -1.93. The van der Waals surface area contributed by atoms with Gasteiger partial charge in [-0.25, -0.2) is 0 Å². The lowest BCUT2D eigenvalue weighted by Crippen LogP contribution is -1.73. The molecule has 0 N–H and O–H groups in total. The summed E-state index contributed by atoms with van der Waals surface area (Å²) >= 11 is 5.57.